The van der Waals surface area contributed by atoms with Crippen molar-refractivity contribution >= 4 is 28.8 Å². The monoisotopic (exact) mass is 408 g/mol. The maximum atomic E-state index is 11.9. The van der Waals surface area contributed by atoms with Crippen LogP contribution < -0.4 is 5.73 Å². The molecule has 0 aliphatic heterocycles. The highest BCUT2D eigenvalue weighted by atomic mass is 35.5. The van der Waals surface area contributed by atoms with Gasteiger partial charge in [0.15, 0.2) is 0 Å². The van der Waals surface area contributed by atoms with E-state index in [1.807, 2.05) is 54.8 Å². The summed E-state index contributed by atoms with van der Waals surface area (Å²) in [6.45, 7) is 2.49. The van der Waals surface area contributed by atoms with E-state index in [2.05, 4.69) is 9.55 Å². The quantitative estimate of drug-likeness (QED) is 0.516. The summed E-state index contributed by atoms with van der Waals surface area (Å²) in [5.41, 5.74) is 10.6. The third-order valence-corrected chi connectivity index (χ3v) is 5.70. The van der Waals surface area contributed by atoms with Crippen molar-refractivity contribution in [3.63, 3.8) is 0 Å². The van der Waals surface area contributed by atoms with E-state index in [1.165, 1.54) is 11.3 Å². The van der Waals surface area contributed by atoms with Crippen LogP contribution in [0.2, 0.25) is 5.02 Å². The minimum absolute atomic E-state index is 0.448. The Morgan fingerprint density at radius 3 is 2.71 bits per heavy atom. The molecule has 0 saturated heterocycles. The lowest BCUT2D eigenvalue weighted by Gasteiger charge is -2.11. The number of halogens is 1. The molecule has 0 bridgehead atoms. The Morgan fingerprint density at radius 2 is 2.04 bits per heavy atom. The number of primary amides is 1. The summed E-state index contributed by atoms with van der Waals surface area (Å²) in [7, 11) is 0. The van der Waals surface area contributed by atoms with E-state index in [4.69, 9.17) is 22.3 Å². The number of rotatable bonds is 5. The molecule has 140 valence electrons. The van der Waals surface area contributed by atoms with Crippen molar-refractivity contribution in [2.75, 3.05) is 0 Å². The number of carbonyl (C=O) groups excluding carboxylic acids is 1. The third-order valence-electron chi connectivity index (χ3n) is 4.56. The van der Waals surface area contributed by atoms with Crippen molar-refractivity contribution in [3.8, 4) is 22.0 Å². The number of nitrogens with zero attached hydrogens (tertiary/aromatic N) is 3. The second-order valence-electron chi connectivity index (χ2n) is 6.39. The van der Waals surface area contributed by atoms with Crippen molar-refractivity contribution in [1.29, 1.82) is 0 Å². The molecule has 0 spiro atoms. The van der Waals surface area contributed by atoms with Crippen molar-refractivity contribution in [1.82, 2.24) is 14.5 Å². The second kappa shape index (κ2) is 7.58. The fourth-order valence-electron chi connectivity index (χ4n) is 3.10. The van der Waals surface area contributed by atoms with Crippen LogP contribution in [0.25, 0.3) is 22.0 Å². The number of carbonyl (C=O) groups is 1. The normalized spacial score (nSPS) is 10.9. The molecule has 28 heavy (non-hydrogen) atoms. The number of thiazole rings is 1. The second-order valence-corrected chi connectivity index (χ2v) is 7.68. The zero-order valence-electron chi connectivity index (χ0n) is 15.1. The SMILES string of the molecule is Cc1c(C(N)=O)cc(-c2csc(-c3cccnc3)n2)n1Cc1ccc(Cl)cc1. The van der Waals surface area contributed by atoms with Gasteiger partial charge in [0.25, 0.3) is 5.91 Å². The Balaban J connectivity index is 1.78. The number of hydrogen-bond donors (Lipinski definition) is 1. The van der Waals surface area contributed by atoms with Crippen molar-refractivity contribution in [3.05, 3.63) is 82.1 Å². The Hall–Kier alpha value is -2.96. The summed E-state index contributed by atoms with van der Waals surface area (Å²) in [5, 5.41) is 3.55. The standard InChI is InChI=1S/C21H17ClN4OS/c1-13-17(20(23)27)9-19(26(13)11-14-4-6-16(22)7-5-14)18-12-28-21(25-18)15-3-2-8-24-10-15/h2-10,12H,11H2,1H3,(H2,23,27). The first kappa shape index (κ1) is 18.4. The fourth-order valence-corrected chi connectivity index (χ4v) is 4.03. The zero-order valence-corrected chi connectivity index (χ0v) is 16.7. The summed E-state index contributed by atoms with van der Waals surface area (Å²) in [6, 6.07) is 13.3. The maximum absolute atomic E-state index is 11.9. The van der Waals surface area contributed by atoms with E-state index in [-0.39, 0.29) is 0 Å². The highest BCUT2D eigenvalue weighted by Gasteiger charge is 2.19. The molecule has 3 aromatic heterocycles. The summed E-state index contributed by atoms with van der Waals surface area (Å²) < 4.78 is 2.06. The van der Waals surface area contributed by atoms with Gasteiger partial charge in [0, 0.05) is 40.6 Å². The fraction of sp³-hybridized carbons (Fsp3) is 0.0952. The van der Waals surface area contributed by atoms with Gasteiger partial charge in [-0.25, -0.2) is 4.98 Å². The average Bonchev–Trinajstić information content (AvgIpc) is 3.30. The Bertz CT molecular complexity index is 1130. The molecule has 0 unspecified atom stereocenters. The molecule has 0 fully saturated rings. The van der Waals surface area contributed by atoms with Crippen molar-refractivity contribution in [2.45, 2.75) is 13.5 Å². The van der Waals surface area contributed by atoms with Crippen LogP contribution in [0.3, 0.4) is 0 Å². The molecule has 0 aliphatic rings. The van der Waals surface area contributed by atoms with Gasteiger partial charge >= 0.3 is 0 Å². The van der Waals surface area contributed by atoms with E-state index in [0.29, 0.717) is 17.1 Å². The van der Waals surface area contributed by atoms with Crippen LogP contribution >= 0.6 is 22.9 Å². The predicted molar refractivity (Wildman–Crippen MR) is 113 cm³/mol. The minimum atomic E-state index is -0.448. The van der Waals surface area contributed by atoms with Gasteiger partial charge in [0.1, 0.15) is 5.01 Å². The molecule has 7 heteroatoms. The van der Waals surface area contributed by atoms with E-state index in [0.717, 1.165) is 33.2 Å². The van der Waals surface area contributed by atoms with Gasteiger partial charge in [-0.2, -0.15) is 0 Å². The van der Waals surface area contributed by atoms with Gasteiger partial charge in [-0.3, -0.25) is 9.78 Å². The summed E-state index contributed by atoms with van der Waals surface area (Å²) in [6.07, 6.45) is 3.52. The predicted octanol–water partition coefficient (Wildman–Crippen LogP) is 4.78. The van der Waals surface area contributed by atoms with Crippen molar-refractivity contribution in [2.24, 2.45) is 5.73 Å². The molecule has 0 atom stereocenters. The lowest BCUT2D eigenvalue weighted by atomic mass is 10.2. The molecule has 3 heterocycles. The van der Waals surface area contributed by atoms with Crippen LogP contribution in [0.15, 0.2) is 60.2 Å². The lowest BCUT2D eigenvalue weighted by molar-refractivity contribution is 0.0999. The highest BCUT2D eigenvalue weighted by Crippen LogP contribution is 2.31. The van der Waals surface area contributed by atoms with Crippen LogP contribution in [0, 0.1) is 6.92 Å². The molecule has 4 rings (SSSR count). The first-order valence-corrected chi connectivity index (χ1v) is 9.89. The molecular formula is C21H17ClN4OS. The Kier molecular flexibility index (Phi) is 4.98. The zero-order chi connectivity index (χ0) is 19.7. The number of benzene rings is 1. The Labute approximate surface area is 171 Å². The number of pyridine rings is 1. The molecule has 0 saturated carbocycles. The molecular weight excluding hydrogens is 392 g/mol. The Morgan fingerprint density at radius 1 is 1.25 bits per heavy atom. The number of nitrogens with two attached hydrogens (primary N) is 1. The molecule has 0 radical (unpaired) electrons. The maximum Gasteiger partial charge on any atom is 0.250 e. The molecule has 1 aromatic carbocycles. The average molecular weight is 409 g/mol. The number of hydrogen-bond acceptors (Lipinski definition) is 4. The van der Waals surface area contributed by atoms with Crippen LogP contribution in [-0.2, 0) is 6.54 Å². The first-order valence-electron chi connectivity index (χ1n) is 8.63. The van der Waals surface area contributed by atoms with E-state index >= 15 is 0 Å². The first-order chi connectivity index (χ1) is 13.5. The molecule has 4 aromatic rings. The van der Waals surface area contributed by atoms with Crippen molar-refractivity contribution < 1.29 is 4.79 Å². The van der Waals surface area contributed by atoms with Crippen LogP contribution in [-0.4, -0.2) is 20.4 Å². The van der Waals surface area contributed by atoms with E-state index in [9.17, 15) is 4.79 Å². The minimum Gasteiger partial charge on any atom is -0.366 e. The van der Waals surface area contributed by atoms with Crippen LogP contribution in [0.5, 0.6) is 0 Å². The van der Waals surface area contributed by atoms with Gasteiger partial charge in [0.05, 0.1) is 17.0 Å². The molecule has 5 nitrogen and oxygen atoms in total. The highest BCUT2D eigenvalue weighted by molar-refractivity contribution is 7.13. The summed E-state index contributed by atoms with van der Waals surface area (Å²) >= 11 is 7.54. The third kappa shape index (κ3) is 3.56. The van der Waals surface area contributed by atoms with Crippen LogP contribution in [0.1, 0.15) is 21.6 Å². The molecule has 0 aliphatic carbocycles. The topological polar surface area (TPSA) is 73.8 Å². The van der Waals surface area contributed by atoms with Gasteiger partial charge < -0.3 is 10.3 Å². The number of amides is 1. The van der Waals surface area contributed by atoms with Gasteiger partial charge in [-0.15, -0.1) is 11.3 Å². The van der Waals surface area contributed by atoms with Gasteiger partial charge in [-0.1, -0.05) is 23.7 Å². The molecule has 2 N–H and O–H groups in total. The van der Waals surface area contributed by atoms with E-state index < -0.39 is 5.91 Å². The van der Waals surface area contributed by atoms with Gasteiger partial charge in [0.2, 0.25) is 0 Å². The summed E-state index contributed by atoms with van der Waals surface area (Å²) in [5.74, 6) is -0.448. The van der Waals surface area contributed by atoms with Gasteiger partial charge in [-0.05, 0) is 42.8 Å². The number of aromatic nitrogens is 3. The lowest BCUT2D eigenvalue weighted by Crippen LogP contribution is -2.12. The molecule has 1 amide bonds. The van der Waals surface area contributed by atoms with E-state index in [1.54, 1.807) is 12.4 Å². The summed E-state index contributed by atoms with van der Waals surface area (Å²) in [4.78, 5) is 20.8. The van der Waals surface area contributed by atoms with Crippen LogP contribution in [0.4, 0.5) is 0 Å². The largest absolute Gasteiger partial charge is 0.366 e. The smallest absolute Gasteiger partial charge is 0.250 e.